The van der Waals surface area contributed by atoms with Crippen molar-refractivity contribution in [2.45, 2.75) is 75.0 Å². The number of hydrogen-bond donors (Lipinski definition) is 5. The molecule has 0 aliphatic carbocycles. The number of aliphatic hydroxyl groups is 2. The van der Waals surface area contributed by atoms with Crippen LogP contribution in [0.15, 0.2) is 67.0 Å². The lowest BCUT2D eigenvalue weighted by Gasteiger charge is -2.28. The van der Waals surface area contributed by atoms with E-state index in [-0.39, 0.29) is 54.7 Å². The third kappa shape index (κ3) is 8.33. The van der Waals surface area contributed by atoms with E-state index < -0.39 is 48.8 Å². The number of anilines is 2. The van der Waals surface area contributed by atoms with E-state index in [0.717, 1.165) is 11.1 Å². The van der Waals surface area contributed by atoms with Crippen molar-refractivity contribution in [2.24, 2.45) is 0 Å². The lowest BCUT2D eigenvalue weighted by atomic mass is 9.91. The largest absolute Gasteiger partial charge is 0.493 e. The standard InChI is InChI=1S/C37H42F3N13O6/c1-2-52-48-31(47-49-52)29-27(54)28(55)33(58-29)51-20-43-26-30(42-18-25(21-9-5-3-6-10-21)22-11-7-4-8-12-22)45-35(46-32(26)51)50-16-14-24(19-50)53(59-34(56)37(38,39)40)36(57)44-23-13-15-41-17-23/h3-12,20,23-25,27-29,33,41,54-55H,2,13-19H2,1H3,(H,44,57)(H,42,45,46)/t23?,24-,27+,28+,29+,33-/m1/s1. The number of amides is 2. The number of aliphatic hydroxyl groups excluding tert-OH is 2. The summed E-state index contributed by atoms with van der Waals surface area (Å²) in [5.74, 6) is -2.22. The summed E-state index contributed by atoms with van der Waals surface area (Å²) in [4.78, 5) is 47.3. The number of imidazole rings is 1. The molecule has 19 nitrogen and oxygen atoms in total. The smallest absolute Gasteiger partial charge is 0.387 e. The van der Waals surface area contributed by atoms with Crippen molar-refractivity contribution in [3.63, 3.8) is 0 Å². The fourth-order valence-corrected chi connectivity index (χ4v) is 7.51. The van der Waals surface area contributed by atoms with Crippen LogP contribution in [0.2, 0.25) is 0 Å². The van der Waals surface area contributed by atoms with Gasteiger partial charge >= 0.3 is 18.2 Å². The van der Waals surface area contributed by atoms with Crippen molar-refractivity contribution in [3.05, 3.63) is 83.9 Å². The Morgan fingerprint density at radius 1 is 1.05 bits per heavy atom. The number of carbonyl (C=O) groups is 2. The quantitative estimate of drug-likeness (QED) is 0.120. The van der Waals surface area contributed by atoms with Gasteiger partial charge in [-0.05, 0) is 42.7 Å². The van der Waals surface area contributed by atoms with Crippen molar-refractivity contribution in [2.75, 3.05) is 42.9 Å². The van der Waals surface area contributed by atoms with E-state index in [4.69, 9.17) is 19.5 Å². The number of benzene rings is 2. The van der Waals surface area contributed by atoms with Gasteiger partial charge in [-0.15, -0.1) is 15.3 Å². The van der Waals surface area contributed by atoms with Gasteiger partial charge in [0, 0.05) is 38.1 Å². The Hall–Kier alpha value is -5.97. The maximum absolute atomic E-state index is 13.4. The van der Waals surface area contributed by atoms with E-state index in [2.05, 4.69) is 36.3 Å². The predicted octanol–water partition coefficient (Wildman–Crippen LogP) is 2.04. The number of alkyl halides is 3. The summed E-state index contributed by atoms with van der Waals surface area (Å²) in [5, 5.41) is 44.2. The van der Waals surface area contributed by atoms with Crippen LogP contribution in [-0.4, -0.2) is 130 Å². The third-order valence-electron chi connectivity index (χ3n) is 10.6. The summed E-state index contributed by atoms with van der Waals surface area (Å²) in [6.45, 7) is 3.63. The van der Waals surface area contributed by atoms with Crippen LogP contribution in [-0.2, 0) is 20.9 Å². The fourth-order valence-electron chi connectivity index (χ4n) is 7.51. The number of rotatable bonds is 11. The summed E-state index contributed by atoms with van der Waals surface area (Å²) >= 11 is 0. The van der Waals surface area contributed by atoms with Crippen LogP contribution in [0.3, 0.4) is 0 Å². The number of ether oxygens (including phenoxy) is 1. The average Bonchev–Trinajstić information content (AvgIpc) is 4.10. The topological polar surface area (TPSA) is 223 Å². The van der Waals surface area contributed by atoms with Gasteiger partial charge in [0.25, 0.3) is 0 Å². The molecule has 3 saturated heterocycles. The van der Waals surface area contributed by atoms with Crippen molar-refractivity contribution in [1.82, 2.24) is 55.4 Å². The lowest BCUT2D eigenvalue weighted by Crippen LogP contribution is -2.52. The highest BCUT2D eigenvalue weighted by Gasteiger charge is 2.48. The molecular weight excluding hydrogens is 779 g/mol. The molecule has 2 aromatic carbocycles. The summed E-state index contributed by atoms with van der Waals surface area (Å²) in [6, 6.07) is 17.4. The number of aromatic nitrogens is 8. The molecule has 2 amide bonds. The highest BCUT2D eigenvalue weighted by molar-refractivity contribution is 5.85. The van der Waals surface area contributed by atoms with Gasteiger partial charge in [-0.3, -0.25) is 4.57 Å². The Morgan fingerprint density at radius 3 is 2.42 bits per heavy atom. The number of nitrogens with zero attached hydrogens (tertiary/aromatic N) is 10. The molecule has 3 aliphatic heterocycles. The Kier molecular flexibility index (Phi) is 11.3. The second kappa shape index (κ2) is 16.7. The summed E-state index contributed by atoms with van der Waals surface area (Å²) in [6.07, 6.45) is -8.60. The van der Waals surface area contributed by atoms with Crippen molar-refractivity contribution in [3.8, 4) is 0 Å². The molecule has 312 valence electrons. The zero-order valence-electron chi connectivity index (χ0n) is 31.7. The van der Waals surface area contributed by atoms with Crippen LogP contribution in [0.4, 0.5) is 29.7 Å². The van der Waals surface area contributed by atoms with E-state index in [0.29, 0.717) is 43.2 Å². The van der Waals surface area contributed by atoms with Gasteiger partial charge in [-0.2, -0.15) is 27.9 Å². The Balaban J connectivity index is 1.13. The monoisotopic (exact) mass is 821 g/mol. The van der Waals surface area contributed by atoms with E-state index in [1.165, 1.54) is 15.7 Å². The first kappa shape index (κ1) is 39.8. The molecule has 6 atom stereocenters. The molecule has 0 saturated carbocycles. The van der Waals surface area contributed by atoms with Crippen LogP contribution in [0.1, 0.15) is 55.0 Å². The molecule has 6 heterocycles. The maximum Gasteiger partial charge on any atom is 0.493 e. The Bertz CT molecular complexity index is 2200. The second-order valence-corrected chi connectivity index (χ2v) is 14.4. The molecule has 59 heavy (non-hydrogen) atoms. The molecule has 0 bridgehead atoms. The number of hydroxylamine groups is 2. The number of carbonyl (C=O) groups excluding carboxylic acids is 2. The first-order valence-corrected chi connectivity index (χ1v) is 19.2. The lowest BCUT2D eigenvalue weighted by molar-refractivity contribution is -0.232. The number of halogens is 3. The van der Waals surface area contributed by atoms with E-state index in [1.54, 1.807) is 4.90 Å². The number of hydrogen-bond acceptors (Lipinski definition) is 15. The minimum Gasteiger partial charge on any atom is -0.387 e. The number of tetrazole rings is 1. The first-order chi connectivity index (χ1) is 28.5. The maximum atomic E-state index is 13.4. The van der Waals surface area contributed by atoms with E-state index in [9.17, 15) is 33.0 Å². The molecule has 0 spiro atoms. The molecule has 3 aliphatic rings. The molecule has 5 N–H and O–H groups in total. The van der Waals surface area contributed by atoms with Crippen LogP contribution in [0, 0.1) is 0 Å². The molecule has 3 aromatic heterocycles. The Labute approximate surface area is 334 Å². The van der Waals surface area contributed by atoms with Crippen molar-refractivity contribution in [1.29, 1.82) is 0 Å². The number of urea groups is 1. The zero-order chi connectivity index (χ0) is 41.3. The minimum absolute atomic E-state index is 0.0722. The second-order valence-electron chi connectivity index (χ2n) is 14.4. The fraction of sp³-hybridized carbons (Fsp3) is 0.459. The summed E-state index contributed by atoms with van der Waals surface area (Å²) in [7, 11) is 0. The van der Waals surface area contributed by atoms with Gasteiger partial charge < -0.3 is 40.6 Å². The summed E-state index contributed by atoms with van der Waals surface area (Å²) < 4.78 is 47.9. The Morgan fingerprint density at radius 2 is 1.78 bits per heavy atom. The normalized spacial score (nSPS) is 23.3. The van der Waals surface area contributed by atoms with Crippen LogP contribution in [0.25, 0.3) is 11.2 Å². The number of nitrogens with one attached hydrogen (secondary N) is 3. The number of aryl methyl sites for hydroxylation is 1. The zero-order valence-corrected chi connectivity index (χ0v) is 31.7. The number of fused-ring (bicyclic) bond motifs is 1. The van der Waals surface area contributed by atoms with Crippen LogP contribution < -0.4 is 20.9 Å². The minimum atomic E-state index is -5.35. The van der Waals surface area contributed by atoms with Gasteiger partial charge in [0.15, 0.2) is 29.3 Å². The molecule has 1 unspecified atom stereocenters. The SMILES string of the molecule is CCn1nnc([C@H]2O[C@@H](n3cnc4c(NCC(c5ccccc5)c5ccccc5)nc(N5CC[C@@H](N(OC(=O)C(F)(F)F)C(=O)NC6CCNC6)C5)nc43)[C@@H](O)[C@@H]2O)n1. The highest BCUT2D eigenvalue weighted by atomic mass is 19.4. The molecular formula is C37H42F3N13O6. The molecule has 8 rings (SSSR count). The van der Waals surface area contributed by atoms with Crippen molar-refractivity contribution >= 4 is 34.9 Å². The van der Waals surface area contributed by atoms with Gasteiger partial charge in [-0.25, -0.2) is 14.6 Å². The van der Waals surface area contributed by atoms with Gasteiger partial charge in [0.1, 0.15) is 12.2 Å². The third-order valence-corrected chi connectivity index (χ3v) is 10.6. The molecule has 3 fully saturated rings. The first-order valence-electron chi connectivity index (χ1n) is 19.2. The average molecular weight is 822 g/mol. The van der Waals surface area contributed by atoms with E-state index in [1.807, 2.05) is 67.6 Å². The predicted molar refractivity (Wildman–Crippen MR) is 201 cm³/mol. The molecule has 5 aromatic rings. The van der Waals surface area contributed by atoms with E-state index >= 15 is 0 Å². The van der Waals surface area contributed by atoms with Gasteiger partial charge in [0.2, 0.25) is 11.8 Å². The highest BCUT2D eigenvalue weighted by Crippen LogP contribution is 2.39. The van der Waals surface area contributed by atoms with Crippen LogP contribution >= 0.6 is 0 Å². The van der Waals surface area contributed by atoms with Gasteiger partial charge in [0.05, 0.1) is 18.9 Å². The molecule has 22 heteroatoms. The van der Waals surface area contributed by atoms with Crippen molar-refractivity contribution < 1.29 is 42.5 Å². The molecule has 0 radical (unpaired) electrons. The van der Waals surface area contributed by atoms with Gasteiger partial charge in [-0.1, -0.05) is 60.7 Å². The summed E-state index contributed by atoms with van der Waals surface area (Å²) in [5.41, 5.74) is 2.53. The van der Waals surface area contributed by atoms with Crippen LogP contribution in [0.5, 0.6) is 0 Å².